The van der Waals surface area contributed by atoms with Gasteiger partial charge >= 0.3 is 0 Å². The summed E-state index contributed by atoms with van der Waals surface area (Å²) in [6.07, 6.45) is 0. The molecule has 0 bridgehead atoms. The summed E-state index contributed by atoms with van der Waals surface area (Å²) < 4.78 is 36.5. The Morgan fingerprint density at radius 3 is 2.39 bits per heavy atom. The van der Waals surface area contributed by atoms with Crippen LogP contribution in [-0.4, -0.2) is 49.4 Å². The minimum absolute atomic E-state index is 0.222. The smallest absolute Gasteiger partial charge is 0.276 e. The Balaban J connectivity index is 1.49. The first-order valence-electron chi connectivity index (χ1n) is 8.24. The lowest BCUT2D eigenvalue weighted by Crippen LogP contribution is -2.22. The van der Waals surface area contributed by atoms with Crippen LogP contribution in [0.5, 0.6) is 5.75 Å². The molecule has 0 unspecified atom stereocenters. The Morgan fingerprint density at radius 1 is 1.07 bits per heavy atom. The lowest BCUT2D eigenvalue weighted by atomic mass is 10.2. The second-order valence-corrected chi connectivity index (χ2v) is 9.47. The van der Waals surface area contributed by atoms with Crippen molar-refractivity contribution in [3.63, 3.8) is 0 Å². The van der Waals surface area contributed by atoms with Crippen LogP contribution in [0.4, 0.5) is 0 Å². The standard InChI is InChI=1S/C18H18ClN3O4S2/c1-22(2)28(23,24)16-9-7-15(8-10-16)25-11-12-27-18-21-20-17(26-18)13-3-5-14(19)6-4-13/h3-10H,11-12H2,1-2H3. The molecule has 0 saturated carbocycles. The first-order valence-corrected chi connectivity index (χ1v) is 11.0. The van der Waals surface area contributed by atoms with Gasteiger partial charge in [-0.2, -0.15) is 0 Å². The average molecular weight is 440 g/mol. The highest BCUT2D eigenvalue weighted by atomic mass is 35.5. The van der Waals surface area contributed by atoms with Gasteiger partial charge in [0.05, 0.1) is 11.5 Å². The van der Waals surface area contributed by atoms with Crippen molar-refractivity contribution in [2.75, 3.05) is 26.5 Å². The molecule has 0 aliphatic carbocycles. The van der Waals surface area contributed by atoms with E-state index in [2.05, 4.69) is 10.2 Å². The summed E-state index contributed by atoms with van der Waals surface area (Å²) in [6, 6.07) is 13.5. The van der Waals surface area contributed by atoms with Crippen molar-refractivity contribution in [1.29, 1.82) is 0 Å². The molecule has 0 spiro atoms. The van der Waals surface area contributed by atoms with Crippen LogP contribution >= 0.6 is 23.4 Å². The molecule has 0 N–H and O–H groups in total. The summed E-state index contributed by atoms with van der Waals surface area (Å²) in [4.78, 5) is 0.222. The van der Waals surface area contributed by atoms with Gasteiger partial charge in [0.25, 0.3) is 5.22 Å². The van der Waals surface area contributed by atoms with Gasteiger partial charge in [0.1, 0.15) is 5.75 Å². The third-order valence-electron chi connectivity index (χ3n) is 3.68. The Kier molecular flexibility index (Phi) is 6.61. The Labute approximate surface area is 172 Å². The zero-order valence-electron chi connectivity index (χ0n) is 15.2. The molecule has 1 heterocycles. The van der Waals surface area contributed by atoms with Crippen LogP contribution in [0, 0.1) is 0 Å². The van der Waals surface area contributed by atoms with E-state index in [0.717, 1.165) is 5.56 Å². The SMILES string of the molecule is CN(C)S(=O)(=O)c1ccc(OCCSc2nnc(-c3ccc(Cl)cc3)o2)cc1. The molecule has 0 fully saturated rings. The Bertz CT molecular complexity index is 1020. The van der Waals surface area contributed by atoms with E-state index in [4.69, 9.17) is 20.8 Å². The normalized spacial score (nSPS) is 11.7. The molecule has 28 heavy (non-hydrogen) atoms. The summed E-state index contributed by atoms with van der Waals surface area (Å²) in [5.41, 5.74) is 0.799. The molecule has 148 valence electrons. The highest BCUT2D eigenvalue weighted by Crippen LogP contribution is 2.24. The second-order valence-electron chi connectivity index (χ2n) is 5.84. The van der Waals surface area contributed by atoms with Crippen LogP contribution < -0.4 is 4.74 Å². The lowest BCUT2D eigenvalue weighted by molar-refractivity contribution is 0.343. The summed E-state index contributed by atoms with van der Waals surface area (Å²) >= 11 is 7.24. The monoisotopic (exact) mass is 439 g/mol. The highest BCUT2D eigenvalue weighted by molar-refractivity contribution is 7.99. The number of sulfonamides is 1. The molecule has 10 heteroatoms. The van der Waals surface area contributed by atoms with Crippen LogP contribution in [-0.2, 0) is 10.0 Å². The molecule has 3 rings (SSSR count). The number of benzene rings is 2. The van der Waals surface area contributed by atoms with Gasteiger partial charge in [0.15, 0.2) is 0 Å². The van der Waals surface area contributed by atoms with E-state index < -0.39 is 10.0 Å². The molecule has 0 aliphatic heterocycles. The van der Waals surface area contributed by atoms with Crippen molar-refractivity contribution in [1.82, 2.24) is 14.5 Å². The van der Waals surface area contributed by atoms with Gasteiger partial charge in [-0.25, -0.2) is 12.7 Å². The van der Waals surface area contributed by atoms with Gasteiger partial charge in [-0.15, -0.1) is 10.2 Å². The fraction of sp³-hybridized carbons (Fsp3) is 0.222. The van der Waals surface area contributed by atoms with Gasteiger partial charge in [-0.3, -0.25) is 0 Å². The van der Waals surface area contributed by atoms with E-state index >= 15 is 0 Å². The molecule has 0 amide bonds. The number of ether oxygens (including phenoxy) is 1. The van der Waals surface area contributed by atoms with Crippen molar-refractivity contribution in [2.24, 2.45) is 0 Å². The van der Waals surface area contributed by atoms with Crippen molar-refractivity contribution in [2.45, 2.75) is 10.1 Å². The van der Waals surface area contributed by atoms with Crippen LogP contribution in [0.1, 0.15) is 0 Å². The van der Waals surface area contributed by atoms with E-state index in [1.54, 1.807) is 24.3 Å². The minimum Gasteiger partial charge on any atom is -0.493 e. The van der Waals surface area contributed by atoms with Crippen LogP contribution in [0.2, 0.25) is 5.02 Å². The van der Waals surface area contributed by atoms with Crippen LogP contribution in [0.3, 0.4) is 0 Å². The number of aromatic nitrogens is 2. The maximum atomic E-state index is 12.0. The van der Waals surface area contributed by atoms with Crippen molar-refractivity contribution in [3.05, 3.63) is 53.6 Å². The molecule has 7 nitrogen and oxygen atoms in total. The van der Waals surface area contributed by atoms with Crippen LogP contribution in [0.15, 0.2) is 63.1 Å². The molecule has 3 aromatic rings. The number of halogens is 1. The fourth-order valence-electron chi connectivity index (χ4n) is 2.18. The van der Waals surface area contributed by atoms with Crippen molar-refractivity contribution in [3.8, 4) is 17.2 Å². The maximum absolute atomic E-state index is 12.0. The van der Waals surface area contributed by atoms with E-state index in [9.17, 15) is 8.42 Å². The molecular formula is C18H18ClN3O4S2. The van der Waals surface area contributed by atoms with Crippen LogP contribution in [0.25, 0.3) is 11.5 Å². The van der Waals surface area contributed by atoms with E-state index in [-0.39, 0.29) is 4.90 Å². The predicted molar refractivity (Wildman–Crippen MR) is 108 cm³/mol. The van der Waals surface area contributed by atoms with Gasteiger partial charge in [-0.05, 0) is 48.5 Å². The van der Waals surface area contributed by atoms with Gasteiger partial charge in [0.2, 0.25) is 15.9 Å². The minimum atomic E-state index is -3.44. The molecule has 0 radical (unpaired) electrons. The molecule has 1 aromatic heterocycles. The number of nitrogens with zero attached hydrogens (tertiary/aromatic N) is 3. The zero-order chi connectivity index (χ0) is 20.1. The van der Waals surface area contributed by atoms with Gasteiger partial charge < -0.3 is 9.15 Å². The topological polar surface area (TPSA) is 85.5 Å². The number of hydrogen-bond donors (Lipinski definition) is 0. The third-order valence-corrected chi connectivity index (χ3v) is 6.54. The lowest BCUT2D eigenvalue weighted by Gasteiger charge is -2.11. The van der Waals surface area contributed by atoms with Crippen molar-refractivity contribution < 1.29 is 17.6 Å². The van der Waals surface area contributed by atoms with Gasteiger partial charge in [-0.1, -0.05) is 23.4 Å². The fourth-order valence-corrected chi connectivity index (χ4v) is 3.79. The highest BCUT2D eigenvalue weighted by Gasteiger charge is 2.16. The quantitative estimate of drug-likeness (QED) is 0.389. The summed E-state index contributed by atoms with van der Waals surface area (Å²) in [7, 11) is -0.453. The van der Waals surface area contributed by atoms with E-state index in [1.165, 1.54) is 42.3 Å². The van der Waals surface area contributed by atoms with E-state index in [1.807, 2.05) is 12.1 Å². The summed E-state index contributed by atoms with van der Waals surface area (Å²) in [5.74, 6) is 1.61. The van der Waals surface area contributed by atoms with Crippen molar-refractivity contribution >= 4 is 33.4 Å². The summed E-state index contributed by atoms with van der Waals surface area (Å²) in [6.45, 7) is 0.406. The third kappa shape index (κ3) is 5.05. The Morgan fingerprint density at radius 2 is 1.75 bits per heavy atom. The molecule has 0 aliphatic rings. The predicted octanol–water partition coefficient (Wildman–Crippen LogP) is 3.81. The average Bonchev–Trinajstić information content (AvgIpc) is 3.15. The Hall–Kier alpha value is -2.07. The number of thioether (sulfide) groups is 1. The largest absolute Gasteiger partial charge is 0.493 e. The van der Waals surface area contributed by atoms with E-state index in [0.29, 0.717) is 34.2 Å². The zero-order valence-corrected chi connectivity index (χ0v) is 17.6. The number of hydrogen-bond acceptors (Lipinski definition) is 7. The molecule has 0 saturated heterocycles. The second kappa shape index (κ2) is 8.95. The summed E-state index contributed by atoms with van der Waals surface area (Å²) in [5, 5.41) is 9.11. The molecule has 0 atom stereocenters. The number of rotatable bonds is 8. The first-order chi connectivity index (χ1) is 13.4. The first kappa shape index (κ1) is 20.7. The van der Waals surface area contributed by atoms with Gasteiger partial charge in [0, 0.05) is 30.4 Å². The molecular weight excluding hydrogens is 422 g/mol. The maximum Gasteiger partial charge on any atom is 0.276 e. The molecule has 2 aromatic carbocycles.